The first-order chi connectivity index (χ1) is 22.5. The summed E-state index contributed by atoms with van der Waals surface area (Å²) < 4.78 is 6.53. The monoisotopic (exact) mass is 819 g/mol. The number of benzene rings is 4. The number of allylic oxidation sites excluding steroid dienone is 2. The SMILES string of the molecule is CCC(CC)C(=O)/C=C(\O)C(CC)CC.Cc1cccc2c1oc1c(-c3[c-]c4ccccc4c(C(C)(C)C)c3)nc3ccccc3c12.[Ir]. The van der Waals surface area contributed by atoms with E-state index in [2.05, 4.69) is 100 Å². The molecule has 6 rings (SSSR count). The van der Waals surface area contributed by atoms with Gasteiger partial charge in [0.15, 0.2) is 5.78 Å². The Morgan fingerprint density at radius 3 is 2.08 bits per heavy atom. The van der Waals surface area contributed by atoms with Crippen molar-refractivity contribution in [2.24, 2.45) is 11.8 Å². The predicted molar refractivity (Wildman–Crippen MR) is 198 cm³/mol. The zero-order valence-corrected chi connectivity index (χ0v) is 31.9. The molecule has 0 atom stereocenters. The van der Waals surface area contributed by atoms with Crippen molar-refractivity contribution in [2.75, 3.05) is 0 Å². The molecule has 1 radical (unpaired) electrons. The number of hydrogen-bond acceptors (Lipinski definition) is 4. The molecular formula is C43H48IrNO3-. The van der Waals surface area contributed by atoms with E-state index < -0.39 is 0 Å². The van der Waals surface area contributed by atoms with Crippen molar-refractivity contribution in [2.45, 2.75) is 86.5 Å². The number of furan rings is 1. The van der Waals surface area contributed by atoms with Gasteiger partial charge in [-0.25, -0.2) is 0 Å². The summed E-state index contributed by atoms with van der Waals surface area (Å²) in [6.45, 7) is 16.9. The second-order valence-electron chi connectivity index (χ2n) is 13.6. The van der Waals surface area contributed by atoms with Crippen LogP contribution in [0.2, 0.25) is 0 Å². The van der Waals surface area contributed by atoms with E-state index in [0.717, 1.165) is 80.7 Å². The summed E-state index contributed by atoms with van der Waals surface area (Å²) >= 11 is 0. The van der Waals surface area contributed by atoms with E-state index in [9.17, 15) is 9.90 Å². The second-order valence-corrected chi connectivity index (χ2v) is 13.6. The van der Waals surface area contributed by atoms with Gasteiger partial charge in [-0.1, -0.05) is 114 Å². The van der Waals surface area contributed by atoms with Crippen LogP contribution in [-0.2, 0) is 30.3 Å². The van der Waals surface area contributed by atoms with Gasteiger partial charge in [0.2, 0.25) is 0 Å². The molecule has 0 aliphatic heterocycles. The van der Waals surface area contributed by atoms with Gasteiger partial charge in [-0.15, -0.1) is 29.1 Å². The number of carbonyl (C=O) groups excluding carboxylic acids is 1. The number of carbonyl (C=O) groups is 1. The van der Waals surface area contributed by atoms with Crippen LogP contribution < -0.4 is 0 Å². The van der Waals surface area contributed by atoms with Gasteiger partial charge in [0.1, 0.15) is 11.2 Å². The molecule has 48 heavy (non-hydrogen) atoms. The van der Waals surface area contributed by atoms with Crippen LogP contribution in [0.25, 0.3) is 54.9 Å². The number of para-hydroxylation sites is 2. The molecule has 0 aliphatic rings. The maximum absolute atomic E-state index is 11.7. The minimum Gasteiger partial charge on any atom is -0.512 e. The minimum atomic E-state index is -0.0100. The van der Waals surface area contributed by atoms with Crippen LogP contribution in [0.4, 0.5) is 0 Å². The van der Waals surface area contributed by atoms with E-state index in [0.29, 0.717) is 0 Å². The number of pyridine rings is 1. The summed E-state index contributed by atoms with van der Waals surface area (Å²) in [6, 6.07) is 29.1. The Kier molecular flexibility index (Phi) is 12.0. The molecule has 0 saturated carbocycles. The summed E-state index contributed by atoms with van der Waals surface area (Å²) in [7, 11) is 0. The van der Waals surface area contributed by atoms with Gasteiger partial charge in [0, 0.05) is 59.9 Å². The Bertz CT molecular complexity index is 2070. The van der Waals surface area contributed by atoms with Gasteiger partial charge in [0.25, 0.3) is 0 Å². The van der Waals surface area contributed by atoms with Crippen LogP contribution in [-0.4, -0.2) is 15.9 Å². The molecule has 253 valence electrons. The van der Waals surface area contributed by atoms with Gasteiger partial charge in [-0.05, 0) is 49.7 Å². The fourth-order valence-corrected chi connectivity index (χ4v) is 6.59. The Balaban J connectivity index is 0.000000279. The van der Waals surface area contributed by atoms with Gasteiger partial charge in [-0.3, -0.25) is 9.78 Å². The fourth-order valence-electron chi connectivity index (χ4n) is 6.59. The van der Waals surface area contributed by atoms with Crippen LogP contribution >= 0.6 is 0 Å². The van der Waals surface area contributed by atoms with Crippen LogP contribution in [0, 0.1) is 24.8 Å². The maximum atomic E-state index is 11.7. The number of aromatic nitrogens is 1. The minimum absolute atomic E-state index is 0. The molecule has 0 spiro atoms. The normalized spacial score (nSPS) is 12.2. The third kappa shape index (κ3) is 7.43. The van der Waals surface area contributed by atoms with E-state index in [1.165, 1.54) is 17.0 Å². The van der Waals surface area contributed by atoms with Crippen molar-refractivity contribution in [3.05, 3.63) is 102 Å². The molecule has 5 heteroatoms. The van der Waals surface area contributed by atoms with E-state index in [1.54, 1.807) is 0 Å². The van der Waals surface area contributed by atoms with Crippen molar-refractivity contribution in [1.29, 1.82) is 0 Å². The third-order valence-electron chi connectivity index (χ3n) is 9.45. The summed E-state index contributed by atoms with van der Waals surface area (Å²) in [5.41, 5.74) is 6.97. The smallest absolute Gasteiger partial charge is 0.162 e. The number of aliphatic hydroxyl groups is 1. The Morgan fingerprint density at radius 2 is 1.44 bits per heavy atom. The number of nitrogens with zero attached hydrogens (tertiary/aromatic N) is 1. The summed E-state index contributed by atoms with van der Waals surface area (Å²) in [5.74, 6) is 0.547. The molecule has 0 amide bonds. The predicted octanol–water partition coefficient (Wildman–Crippen LogP) is 12.2. The Labute approximate surface area is 299 Å². The molecule has 2 heterocycles. The number of fused-ring (bicyclic) bond motifs is 6. The van der Waals surface area contributed by atoms with Gasteiger partial charge in [-0.2, -0.15) is 0 Å². The molecule has 1 N–H and O–H groups in total. The fraction of sp³-hybridized carbons (Fsp3) is 0.349. The Hall–Kier alpha value is -3.79. The average molecular weight is 819 g/mol. The van der Waals surface area contributed by atoms with Gasteiger partial charge in [0.05, 0.1) is 11.3 Å². The molecule has 4 nitrogen and oxygen atoms in total. The first-order valence-corrected chi connectivity index (χ1v) is 17.1. The average Bonchev–Trinajstić information content (AvgIpc) is 3.46. The molecular weight excluding hydrogens is 771 g/mol. The van der Waals surface area contributed by atoms with Crippen molar-refractivity contribution < 1.29 is 34.4 Å². The van der Waals surface area contributed by atoms with E-state index in [-0.39, 0.29) is 48.9 Å². The number of aryl methyl sites for hydroxylation is 1. The zero-order valence-electron chi connectivity index (χ0n) is 29.5. The summed E-state index contributed by atoms with van der Waals surface area (Å²) in [5, 5.41) is 15.5. The summed E-state index contributed by atoms with van der Waals surface area (Å²) in [4.78, 5) is 16.8. The molecule has 4 aromatic carbocycles. The van der Waals surface area contributed by atoms with Crippen LogP contribution in [0.3, 0.4) is 0 Å². The van der Waals surface area contributed by atoms with Crippen LogP contribution in [0.15, 0.2) is 89.0 Å². The largest absolute Gasteiger partial charge is 0.512 e. The number of aliphatic hydroxyl groups excluding tert-OH is 1. The molecule has 0 saturated heterocycles. The molecule has 6 aromatic rings. The van der Waals surface area contributed by atoms with Gasteiger partial charge < -0.3 is 9.52 Å². The van der Waals surface area contributed by atoms with Crippen molar-refractivity contribution in [1.82, 2.24) is 4.98 Å². The first kappa shape index (κ1) is 37.0. The van der Waals surface area contributed by atoms with Crippen molar-refractivity contribution >= 4 is 49.4 Å². The quantitative estimate of drug-likeness (QED) is 0.0944. The third-order valence-corrected chi connectivity index (χ3v) is 9.45. The first-order valence-electron chi connectivity index (χ1n) is 17.1. The standard InChI is InChI=1S/C30H24NO.C13H24O2.Ir/c1-18-10-9-14-23-26-22-13-7-8-15-25(22)31-27(29(26)32-28(18)23)20-16-19-11-5-6-12-21(19)24(17-20)30(2,3)4;1-5-10(6-2)12(14)9-13(15)11(7-3)8-4;/h5-15,17H,1-4H3;9-11,14H,5-8H2,1-4H3;/q-1;;/b;12-9-;. The number of rotatable bonds is 8. The van der Waals surface area contributed by atoms with Crippen molar-refractivity contribution in [3.63, 3.8) is 0 Å². The number of hydrogen-bond donors (Lipinski definition) is 1. The zero-order chi connectivity index (χ0) is 33.9. The van der Waals surface area contributed by atoms with Crippen LogP contribution in [0.5, 0.6) is 0 Å². The van der Waals surface area contributed by atoms with Gasteiger partial charge >= 0.3 is 0 Å². The van der Waals surface area contributed by atoms with Crippen LogP contribution in [0.1, 0.15) is 85.3 Å². The van der Waals surface area contributed by atoms with E-state index in [4.69, 9.17) is 9.40 Å². The molecule has 0 bridgehead atoms. The van der Waals surface area contributed by atoms with Crippen molar-refractivity contribution in [3.8, 4) is 11.3 Å². The van der Waals surface area contributed by atoms with E-state index >= 15 is 0 Å². The summed E-state index contributed by atoms with van der Waals surface area (Å²) in [6.07, 6.45) is 4.91. The molecule has 0 unspecified atom stereocenters. The Morgan fingerprint density at radius 1 is 0.833 bits per heavy atom. The van der Waals surface area contributed by atoms with E-state index in [1.807, 2.05) is 33.8 Å². The molecule has 0 aliphatic carbocycles. The topological polar surface area (TPSA) is 63.3 Å². The maximum Gasteiger partial charge on any atom is 0.162 e. The molecule has 2 aromatic heterocycles. The second kappa shape index (κ2) is 15.6. The molecule has 0 fully saturated rings. The number of ketones is 1.